The summed E-state index contributed by atoms with van der Waals surface area (Å²) in [4.78, 5) is 14.1. The van der Waals surface area contributed by atoms with Crippen molar-refractivity contribution in [3.05, 3.63) is 59.9 Å². The maximum atomic E-state index is 13.0. The Balaban J connectivity index is 1.90. The highest BCUT2D eigenvalue weighted by Gasteiger charge is 2.35. The standard InChI is InChI=1S/C17H16FNO3S/c1-12(23(21,22)15-8-6-14(18)7-9-15)17(20)19-11-10-13-4-2-3-5-16(13)19/h2-9,12H,10-11H2,1H3/t12-/m0/s1. The fourth-order valence-electron chi connectivity index (χ4n) is 2.75. The maximum Gasteiger partial charge on any atom is 0.245 e. The Bertz CT molecular complexity index is 846. The predicted molar refractivity (Wildman–Crippen MR) is 85.5 cm³/mol. The SMILES string of the molecule is C[C@@H](C(=O)N1CCc2ccccc21)S(=O)(=O)c1ccc(F)cc1. The Hall–Kier alpha value is -2.21. The molecule has 0 unspecified atom stereocenters. The predicted octanol–water partition coefficient (Wildman–Crippen LogP) is 2.58. The Morgan fingerprint density at radius 1 is 1.13 bits per heavy atom. The summed E-state index contributed by atoms with van der Waals surface area (Å²) in [5, 5.41) is -1.22. The largest absolute Gasteiger partial charge is 0.311 e. The second kappa shape index (κ2) is 5.77. The van der Waals surface area contributed by atoms with Crippen molar-refractivity contribution in [3.63, 3.8) is 0 Å². The molecule has 1 heterocycles. The fraction of sp³-hybridized carbons (Fsp3) is 0.235. The van der Waals surface area contributed by atoms with Gasteiger partial charge < -0.3 is 4.90 Å². The number of benzene rings is 2. The van der Waals surface area contributed by atoms with Gasteiger partial charge in [-0.1, -0.05) is 18.2 Å². The summed E-state index contributed by atoms with van der Waals surface area (Å²) < 4.78 is 38.1. The Morgan fingerprint density at radius 3 is 2.48 bits per heavy atom. The van der Waals surface area contributed by atoms with Crippen molar-refractivity contribution in [2.24, 2.45) is 0 Å². The van der Waals surface area contributed by atoms with Crippen LogP contribution in [-0.4, -0.2) is 26.1 Å². The third-order valence-electron chi connectivity index (χ3n) is 4.11. The average Bonchev–Trinajstić information content (AvgIpc) is 2.98. The maximum absolute atomic E-state index is 13.0. The number of fused-ring (bicyclic) bond motifs is 1. The second-order valence-electron chi connectivity index (χ2n) is 5.51. The van der Waals surface area contributed by atoms with Crippen LogP contribution in [0.3, 0.4) is 0 Å². The number of nitrogens with zero attached hydrogens (tertiary/aromatic N) is 1. The van der Waals surface area contributed by atoms with Gasteiger partial charge in [0.05, 0.1) is 4.90 Å². The first-order valence-corrected chi connectivity index (χ1v) is 8.84. The number of carbonyl (C=O) groups excluding carboxylic acids is 1. The second-order valence-corrected chi connectivity index (χ2v) is 7.78. The van der Waals surface area contributed by atoms with Gasteiger partial charge >= 0.3 is 0 Å². The van der Waals surface area contributed by atoms with E-state index in [1.165, 1.54) is 24.0 Å². The zero-order valence-corrected chi connectivity index (χ0v) is 13.4. The van der Waals surface area contributed by atoms with Gasteiger partial charge in [0.15, 0.2) is 9.84 Å². The van der Waals surface area contributed by atoms with Crippen molar-refractivity contribution in [2.75, 3.05) is 11.4 Å². The van der Waals surface area contributed by atoms with Crippen LogP contribution in [0.5, 0.6) is 0 Å². The van der Waals surface area contributed by atoms with Crippen molar-refractivity contribution in [1.29, 1.82) is 0 Å². The van der Waals surface area contributed by atoms with E-state index >= 15 is 0 Å². The molecule has 2 aromatic rings. The molecular weight excluding hydrogens is 317 g/mol. The quantitative estimate of drug-likeness (QED) is 0.811. The number of para-hydroxylation sites is 1. The molecule has 3 rings (SSSR count). The van der Waals surface area contributed by atoms with Gasteiger partial charge in [0.25, 0.3) is 0 Å². The lowest BCUT2D eigenvalue weighted by Gasteiger charge is -2.21. The van der Waals surface area contributed by atoms with Crippen LogP contribution in [0.25, 0.3) is 0 Å². The van der Waals surface area contributed by atoms with Crippen LogP contribution in [0.15, 0.2) is 53.4 Å². The van der Waals surface area contributed by atoms with Crippen LogP contribution in [0, 0.1) is 5.82 Å². The van der Waals surface area contributed by atoms with E-state index in [0.29, 0.717) is 13.0 Å². The van der Waals surface area contributed by atoms with Crippen LogP contribution < -0.4 is 4.90 Å². The number of halogens is 1. The Kier molecular flexibility index (Phi) is 3.93. The lowest BCUT2D eigenvalue weighted by atomic mass is 10.2. The summed E-state index contributed by atoms with van der Waals surface area (Å²) in [6, 6.07) is 12.0. The first kappa shape index (κ1) is 15.7. The van der Waals surface area contributed by atoms with Gasteiger partial charge in [-0.2, -0.15) is 0 Å². The topological polar surface area (TPSA) is 54.5 Å². The monoisotopic (exact) mass is 333 g/mol. The summed E-state index contributed by atoms with van der Waals surface area (Å²) in [5.41, 5.74) is 1.80. The van der Waals surface area contributed by atoms with Gasteiger partial charge in [0.2, 0.25) is 5.91 Å². The molecule has 4 nitrogen and oxygen atoms in total. The van der Waals surface area contributed by atoms with Crippen LogP contribution >= 0.6 is 0 Å². The molecule has 0 fully saturated rings. The summed E-state index contributed by atoms with van der Waals surface area (Å²) >= 11 is 0. The number of carbonyl (C=O) groups is 1. The highest BCUT2D eigenvalue weighted by Crippen LogP contribution is 2.29. The van der Waals surface area contributed by atoms with E-state index in [4.69, 9.17) is 0 Å². The van der Waals surface area contributed by atoms with Crippen LogP contribution in [0.1, 0.15) is 12.5 Å². The average molecular weight is 333 g/mol. The minimum atomic E-state index is -3.85. The van der Waals surface area contributed by atoms with Gasteiger partial charge in [0.1, 0.15) is 11.1 Å². The van der Waals surface area contributed by atoms with Crippen molar-refractivity contribution in [3.8, 4) is 0 Å². The number of sulfone groups is 1. The van der Waals surface area contributed by atoms with Gasteiger partial charge in [0, 0.05) is 12.2 Å². The molecule has 2 aromatic carbocycles. The normalized spacial score (nSPS) is 15.3. The third-order valence-corrected chi connectivity index (χ3v) is 6.17. The van der Waals surface area contributed by atoms with Crippen molar-refractivity contribution in [2.45, 2.75) is 23.5 Å². The number of amides is 1. The van der Waals surface area contributed by atoms with E-state index in [2.05, 4.69) is 0 Å². The number of rotatable bonds is 3. The molecule has 0 saturated carbocycles. The molecule has 0 N–H and O–H groups in total. The summed E-state index contributed by atoms with van der Waals surface area (Å²) in [5.74, 6) is -0.976. The molecule has 23 heavy (non-hydrogen) atoms. The van der Waals surface area contributed by atoms with E-state index in [1.54, 1.807) is 0 Å². The fourth-order valence-corrected chi connectivity index (χ4v) is 4.06. The van der Waals surface area contributed by atoms with Crippen molar-refractivity contribution in [1.82, 2.24) is 0 Å². The van der Waals surface area contributed by atoms with E-state index in [9.17, 15) is 17.6 Å². The van der Waals surface area contributed by atoms with Crippen molar-refractivity contribution >= 4 is 21.4 Å². The molecule has 120 valence electrons. The zero-order chi connectivity index (χ0) is 16.6. The molecular formula is C17H16FNO3S. The van der Waals surface area contributed by atoms with Gasteiger partial charge in [-0.15, -0.1) is 0 Å². The minimum absolute atomic E-state index is 0.0489. The van der Waals surface area contributed by atoms with Gasteiger partial charge in [-0.3, -0.25) is 4.79 Å². The number of anilines is 1. The Labute approximate surface area is 134 Å². The van der Waals surface area contributed by atoms with E-state index in [1.807, 2.05) is 24.3 Å². The molecule has 1 amide bonds. The first-order valence-electron chi connectivity index (χ1n) is 7.30. The zero-order valence-electron chi connectivity index (χ0n) is 12.6. The molecule has 1 atom stereocenters. The van der Waals surface area contributed by atoms with Crippen LogP contribution in [0.4, 0.5) is 10.1 Å². The van der Waals surface area contributed by atoms with E-state index in [-0.39, 0.29) is 4.90 Å². The first-order chi connectivity index (χ1) is 10.9. The van der Waals surface area contributed by atoms with Gasteiger partial charge in [-0.25, -0.2) is 12.8 Å². The molecule has 0 radical (unpaired) electrons. The molecule has 0 aromatic heterocycles. The highest BCUT2D eigenvalue weighted by atomic mass is 32.2. The molecule has 0 saturated heterocycles. The number of hydrogen-bond donors (Lipinski definition) is 0. The summed E-state index contributed by atoms with van der Waals surface area (Å²) in [6.45, 7) is 1.85. The smallest absolute Gasteiger partial charge is 0.245 e. The van der Waals surface area contributed by atoms with Gasteiger partial charge in [-0.05, 0) is 49.2 Å². The number of hydrogen-bond acceptors (Lipinski definition) is 3. The van der Waals surface area contributed by atoms with E-state index < -0.39 is 26.8 Å². The van der Waals surface area contributed by atoms with Crippen LogP contribution in [0.2, 0.25) is 0 Å². The van der Waals surface area contributed by atoms with Crippen molar-refractivity contribution < 1.29 is 17.6 Å². The third kappa shape index (κ3) is 2.74. The molecule has 6 heteroatoms. The summed E-state index contributed by atoms with van der Waals surface area (Å²) in [7, 11) is -3.85. The minimum Gasteiger partial charge on any atom is -0.311 e. The van der Waals surface area contributed by atoms with Crippen LogP contribution in [-0.2, 0) is 21.1 Å². The van der Waals surface area contributed by atoms with E-state index in [0.717, 1.165) is 23.4 Å². The molecule has 1 aliphatic rings. The highest BCUT2D eigenvalue weighted by molar-refractivity contribution is 7.92. The molecule has 0 aliphatic carbocycles. The summed E-state index contributed by atoms with van der Waals surface area (Å²) in [6.07, 6.45) is 0.714. The molecule has 0 bridgehead atoms. The lowest BCUT2D eigenvalue weighted by molar-refractivity contribution is -0.117. The molecule has 0 spiro atoms. The molecule has 1 aliphatic heterocycles. The lowest BCUT2D eigenvalue weighted by Crippen LogP contribution is -2.40. The Morgan fingerprint density at radius 2 is 1.78 bits per heavy atom.